The first-order valence-corrected chi connectivity index (χ1v) is 4.95. The van der Waals surface area contributed by atoms with Crippen molar-refractivity contribution in [2.45, 2.75) is 5.88 Å². The van der Waals surface area contributed by atoms with Crippen LogP contribution in [0.4, 0.5) is 5.82 Å². The van der Waals surface area contributed by atoms with Crippen LogP contribution in [0.25, 0.3) is 0 Å². The van der Waals surface area contributed by atoms with Crippen molar-refractivity contribution >= 4 is 17.0 Å². The molecule has 0 amide bonds. The van der Waals surface area contributed by atoms with Gasteiger partial charge in [-0.25, -0.2) is 4.79 Å². The van der Waals surface area contributed by atoms with Gasteiger partial charge in [0.1, 0.15) is 5.82 Å². The van der Waals surface area contributed by atoms with Crippen molar-refractivity contribution in [1.82, 2.24) is 9.55 Å². The zero-order valence-corrected chi connectivity index (χ0v) is 7.37. The van der Waals surface area contributed by atoms with E-state index in [0.29, 0.717) is 0 Å². The Labute approximate surface area is 72.4 Å². The molecule has 0 aliphatic heterocycles. The summed E-state index contributed by atoms with van der Waals surface area (Å²) in [4.78, 5) is 14.5. The van der Waals surface area contributed by atoms with E-state index in [-0.39, 0.29) is 11.7 Å². The fourth-order valence-corrected chi connectivity index (χ4v) is 1.32. The molecule has 0 saturated carbocycles. The van der Waals surface area contributed by atoms with Gasteiger partial charge in [-0.1, -0.05) is 0 Å². The maximum Gasteiger partial charge on any atom is 0.353 e. The second kappa shape index (κ2) is 3.59. The average Bonchev–Trinajstić information content (AvgIpc) is 1.94. The minimum absolute atomic E-state index is 0.159. The molecule has 0 bridgehead atoms. The normalized spacial score (nSPS) is 12.8. The van der Waals surface area contributed by atoms with Crippen LogP contribution < -0.4 is 11.4 Å². The first-order chi connectivity index (χ1) is 5.59. The average molecular weight is 187 g/mol. The minimum Gasteiger partial charge on any atom is -0.615 e. The summed E-state index contributed by atoms with van der Waals surface area (Å²) >= 11 is -1.05. The molecule has 1 aromatic heterocycles. The Bertz CT molecular complexity index is 323. The summed E-state index contributed by atoms with van der Waals surface area (Å²) in [6.07, 6.45) is 2.99. The van der Waals surface area contributed by atoms with Crippen molar-refractivity contribution < 1.29 is 4.55 Å². The van der Waals surface area contributed by atoms with Gasteiger partial charge in [0, 0.05) is 6.20 Å². The van der Waals surface area contributed by atoms with Gasteiger partial charge in [0.05, 0.1) is 6.26 Å². The zero-order valence-electron chi connectivity index (χ0n) is 6.56. The topological polar surface area (TPSA) is 84.0 Å². The lowest BCUT2D eigenvalue weighted by atomic mass is 10.6. The maximum atomic E-state index is 11.0. The van der Waals surface area contributed by atoms with Crippen LogP contribution in [-0.2, 0) is 17.1 Å². The number of hydrogen-bond donors (Lipinski definition) is 1. The first-order valence-electron chi connectivity index (χ1n) is 3.22. The molecular formula is C6H9N3O2S. The van der Waals surface area contributed by atoms with Crippen molar-refractivity contribution in [1.29, 1.82) is 0 Å². The van der Waals surface area contributed by atoms with E-state index in [1.807, 2.05) is 0 Å². The first kappa shape index (κ1) is 9.08. The summed E-state index contributed by atoms with van der Waals surface area (Å²) in [6.45, 7) is 0. The Kier molecular flexibility index (Phi) is 2.72. The lowest BCUT2D eigenvalue weighted by molar-refractivity contribution is 0.585. The van der Waals surface area contributed by atoms with Gasteiger partial charge in [0.25, 0.3) is 0 Å². The summed E-state index contributed by atoms with van der Waals surface area (Å²) < 4.78 is 12.0. The number of rotatable bonds is 2. The van der Waals surface area contributed by atoms with Gasteiger partial charge in [-0.05, 0) is 17.2 Å². The molecule has 6 heteroatoms. The summed E-state index contributed by atoms with van der Waals surface area (Å²) in [6, 6.07) is 1.49. The predicted octanol–water partition coefficient (Wildman–Crippen LogP) is -0.839. The quantitative estimate of drug-likeness (QED) is 0.612. The highest BCUT2D eigenvalue weighted by atomic mass is 32.2. The van der Waals surface area contributed by atoms with Crippen molar-refractivity contribution in [2.75, 3.05) is 12.0 Å². The van der Waals surface area contributed by atoms with Gasteiger partial charge >= 0.3 is 5.69 Å². The van der Waals surface area contributed by atoms with Gasteiger partial charge in [-0.15, -0.1) is 0 Å². The van der Waals surface area contributed by atoms with E-state index in [1.165, 1.54) is 23.1 Å². The Balaban J connectivity index is 2.94. The summed E-state index contributed by atoms with van der Waals surface area (Å²) in [5, 5.41) is 0. The van der Waals surface area contributed by atoms with Crippen molar-refractivity contribution in [3.05, 3.63) is 22.7 Å². The minimum atomic E-state index is -1.05. The van der Waals surface area contributed by atoms with Crippen molar-refractivity contribution in [2.24, 2.45) is 0 Å². The third-order valence-electron chi connectivity index (χ3n) is 1.22. The molecule has 1 atom stereocenters. The van der Waals surface area contributed by atoms with Gasteiger partial charge in [0.2, 0.25) is 0 Å². The third-order valence-corrected chi connectivity index (χ3v) is 1.86. The van der Waals surface area contributed by atoms with E-state index in [4.69, 9.17) is 5.73 Å². The molecule has 0 aliphatic rings. The van der Waals surface area contributed by atoms with E-state index in [0.717, 1.165) is 0 Å². The molecule has 0 aliphatic carbocycles. The molecule has 1 unspecified atom stereocenters. The number of nitrogen functional groups attached to an aromatic ring is 1. The SMILES string of the molecule is C[S+]([O-])Cn1ccc(N)nc1=O. The number of aromatic nitrogens is 2. The molecule has 1 heterocycles. The fourth-order valence-electron chi connectivity index (χ4n) is 0.736. The van der Waals surface area contributed by atoms with Gasteiger partial charge < -0.3 is 10.3 Å². The van der Waals surface area contributed by atoms with Gasteiger partial charge in [-0.3, -0.25) is 4.57 Å². The molecular weight excluding hydrogens is 178 g/mol. The number of anilines is 1. The Morgan fingerprint density at radius 3 is 3.00 bits per heavy atom. The van der Waals surface area contributed by atoms with Crippen LogP contribution in [0.15, 0.2) is 17.1 Å². The summed E-state index contributed by atoms with van der Waals surface area (Å²) in [5.74, 6) is 0.338. The van der Waals surface area contributed by atoms with Gasteiger partial charge in [-0.2, -0.15) is 4.98 Å². The molecule has 0 saturated heterocycles. The van der Waals surface area contributed by atoms with Crippen LogP contribution in [0.1, 0.15) is 0 Å². The molecule has 1 rings (SSSR count). The van der Waals surface area contributed by atoms with Crippen LogP contribution >= 0.6 is 0 Å². The van der Waals surface area contributed by atoms with Crippen LogP contribution in [-0.4, -0.2) is 20.4 Å². The predicted molar refractivity (Wildman–Crippen MR) is 47.0 cm³/mol. The van der Waals surface area contributed by atoms with Crippen LogP contribution in [0, 0.1) is 0 Å². The van der Waals surface area contributed by atoms with E-state index < -0.39 is 16.9 Å². The Hall–Kier alpha value is -1.01. The lowest BCUT2D eigenvalue weighted by Crippen LogP contribution is -2.26. The highest BCUT2D eigenvalue weighted by molar-refractivity contribution is 7.89. The summed E-state index contributed by atoms with van der Waals surface area (Å²) in [7, 11) is 0. The molecule has 0 radical (unpaired) electrons. The van der Waals surface area contributed by atoms with Crippen LogP contribution in [0.2, 0.25) is 0 Å². The lowest BCUT2D eigenvalue weighted by Gasteiger charge is -2.06. The van der Waals surface area contributed by atoms with E-state index in [9.17, 15) is 9.35 Å². The second-order valence-corrected chi connectivity index (χ2v) is 3.71. The maximum absolute atomic E-state index is 11.0. The molecule has 1 aromatic rings. The molecule has 0 fully saturated rings. The molecule has 2 N–H and O–H groups in total. The Morgan fingerprint density at radius 1 is 1.83 bits per heavy atom. The standard InChI is InChI=1S/C6H9N3O2S/c1-12(11)4-9-3-2-5(7)8-6(9)10/h2-3H,4H2,1H3,(H2,7,8,10). The number of nitrogens with two attached hydrogens (primary N) is 1. The zero-order chi connectivity index (χ0) is 9.14. The van der Waals surface area contributed by atoms with Crippen LogP contribution in [0.3, 0.4) is 0 Å². The second-order valence-electron chi connectivity index (χ2n) is 2.31. The van der Waals surface area contributed by atoms with Crippen molar-refractivity contribution in [3.8, 4) is 0 Å². The monoisotopic (exact) mass is 187 g/mol. The molecule has 66 valence electrons. The molecule has 0 aromatic carbocycles. The third kappa shape index (κ3) is 2.24. The van der Waals surface area contributed by atoms with E-state index >= 15 is 0 Å². The van der Waals surface area contributed by atoms with Gasteiger partial charge in [0.15, 0.2) is 5.88 Å². The summed E-state index contributed by atoms with van der Waals surface area (Å²) in [5.41, 5.74) is 4.79. The molecule has 5 nitrogen and oxygen atoms in total. The highest BCUT2D eigenvalue weighted by Gasteiger charge is 2.02. The van der Waals surface area contributed by atoms with E-state index in [2.05, 4.69) is 4.98 Å². The Morgan fingerprint density at radius 2 is 2.50 bits per heavy atom. The van der Waals surface area contributed by atoms with Crippen molar-refractivity contribution in [3.63, 3.8) is 0 Å². The molecule has 12 heavy (non-hydrogen) atoms. The number of hydrogen-bond acceptors (Lipinski definition) is 4. The fraction of sp³-hybridized carbons (Fsp3) is 0.333. The smallest absolute Gasteiger partial charge is 0.353 e. The van der Waals surface area contributed by atoms with Crippen LogP contribution in [0.5, 0.6) is 0 Å². The number of nitrogens with zero attached hydrogens (tertiary/aromatic N) is 2. The van der Waals surface area contributed by atoms with E-state index in [1.54, 1.807) is 0 Å². The largest absolute Gasteiger partial charge is 0.615 e. The highest BCUT2D eigenvalue weighted by Crippen LogP contribution is 1.92. The molecule has 0 spiro atoms.